The van der Waals surface area contributed by atoms with Crippen molar-refractivity contribution in [2.45, 2.75) is 39.2 Å². The molecule has 1 aliphatic rings. The average molecular weight is 374 g/mol. The first-order valence-corrected chi connectivity index (χ1v) is 9.91. The van der Waals surface area contributed by atoms with Crippen LogP contribution in [-0.4, -0.2) is 27.1 Å². The van der Waals surface area contributed by atoms with Gasteiger partial charge in [0.25, 0.3) is 0 Å². The quantitative estimate of drug-likeness (QED) is 0.689. The van der Waals surface area contributed by atoms with Crippen molar-refractivity contribution in [1.29, 1.82) is 0 Å². The minimum absolute atomic E-state index is 0.184. The fraction of sp³-hybridized carbons (Fsp3) is 0.333. The Balaban J connectivity index is 1.51. The molecule has 1 atom stereocenters. The number of carbonyl (C=O) groups is 1. The number of nitrogens with zero attached hydrogens (tertiary/aromatic N) is 3. The number of rotatable bonds is 4. The molecular formula is C24H27N3O. The summed E-state index contributed by atoms with van der Waals surface area (Å²) in [5, 5.41) is 4.34. The fourth-order valence-electron chi connectivity index (χ4n) is 4.07. The van der Waals surface area contributed by atoms with Gasteiger partial charge in [0.05, 0.1) is 6.20 Å². The lowest BCUT2D eigenvalue weighted by molar-refractivity contribution is -0.132. The van der Waals surface area contributed by atoms with Gasteiger partial charge < -0.3 is 4.90 Å². The second-order valence-electron chi connectivity index (χ2n) is 7.89. The molecule has 28 heavy (non-hydrogen) atoms. The third-order valence-corrected chi connectivity index (χ3v) is 5.87. The zero-order valence-electron chi connectivity index (χ0n) is 16.9. The highest BCUT2D eigenvalue weighted by Gasteiger charge is 2.29. The fourth-order valence-corrected chi connectivity index (χ4v) is 4.07. The zero-order chi connectivity index (χ0) is 19.7. The van der Waals surface area contributed by atoms with Crippen LogP contribution in [0.15, 0.2) is 54.9 Å². The molecule has 0 radical (unpaired) electrons. The monoisotopic (exact) mass is 373 g/mol. The van der Waals surface area contributed by atoms with Crippen molar-refractivity contribution in [3.63, 3.8) is 0 Å². The largest absolute Gasteiger partial charge is 0.337 e. The summed E-state index contributed by atoms with van der Waals surface area (Å²) in [6.07, 6.45) is 5.31. The third kappa shape index (κ3) is 3.72. The predicted octanol–water partition coefficient (Wildman–Crippen LogP) is 4.14. The molecule has 1 aliphatic heterocycles. The van der Waals surface area contributed by atoms with E-state index in [4.69, 9.17) is 0 Å². The Bertz CT molecular complexity index is 1000. The normalized spacial score (nSPS) is 16.1. The summed E-state index contributed by atoms with van der Waals surface area (Å²) in [4.78, 5) is 15.0. The van der Waals surface area contributed by atoms with Crippen LogP contribution in [0.5, 0.6) is 0 Å². The molecule has 2 aromatic carbocycles. The Hall–Kier alpha value is -2.88. The molecule has 0 N–H and O–H groups in total. The number of aromatic nitrogens is 2. The minimum Gasteiger partial charge on any atom is -0.337 e. The van der Waals surface area contributed by atoms with Crippen LogP contribution < -0.4 is 0 Å². The van der Waals surface area contributed by atoms with Crippen molar-refractivity contribution < 1.29 is 4.79 Å². The summed E-state index contributed by atoms with van der Waals surface area (Å²) in [6, 6.07) is 14.9. The molecule has 3 aromatic rings. The van der Waals surface area contributed by atoms with Crippen LogP contribution >= 0.6 is 0 Å². The van der Waals surface area contributed by atoms with Crippen molar-refractivity contribution in [3.05, 3.63) is 88.2 Å². The van der Waals surface area contributed by atoms with Crippen molar-refractivity contribution in [2.75, 3.05) is 6.54 Å². The number of amides is 1. The number of carbonyl (C=O) groups excluding carboxylic acids is 1. The summed E-state index contributed by atoms with van der Waals surface area (Å²) in [7, 11) is 1.94. The van der Waals surface area contributed by atoms with Gasteiger partial charge in [-0.3, -0.25) is 9.48 Å². The smallest absolute Gasteiger partial charge is 0.223 e. The standard InChI is InChI=1S/C24H27N3O/c1-17-8-9-19(12-18(17)2)10-11-24(28)27-15-20-6-4-5-7-22(20)23(16-27)21-13-25-26(3)14-21/h4-9,12-14,23H,10-11,15-16H2,1-3H3. The Labute approximate surface area is 166 Å². The predicted molar refractivity (Wildman–Crippen MR) is 111 cm³/mol. The van der Waals surface area contributed by atoms with Gasteiger partial charge in [-0.05, 0) is 53.6 Å². The summed E-state index contributed by atoms with van der Waals surface area (Å²) < 4.78 is 1.83. The maximum Gasteiger partial charge on any atom is 0.223 e. The SMILES string of the molecule is Cc1ccc(CCC(=O)N2Cc3ccccc3C(c3cnn(C)c3)C2)cc1C. The molecule has 0 saturated heterocycles. The Morgan fingerprint density at radius 2 is 1.96 bits per heavy atom. The van der Waals surface area contributed by atoms with Gasteiger partial charge in [0, 0.05) is 38.7 Å². The zero-order valence-corrected chi connectivity index (χ0v) is 16.9. The first kappa shape index (κ1) is 18.5. The molecular weight excluding hydrogens is 346 g/mol. The van der Waals surface area contributed by atoms with E-state index in [0.717, 1.165) is 6.42 Å². The van der Waals surface area contributed by atoms with Gasteiger partial charge >= 0.3 is 0 Å². The van der Waals surface area contributed by atoms with E-state index in [-0.39, 0.29) is 11.8 Å². The van der Waals surface area contributed by atoms with Crippen molar-refractivity contribution in [2.24, 2.45) is 7.05 Å². The number of aryl methyl sites for hydroxylation is 4. The molecule has 144 valence electrons. The molecule has 4 nitrogen and oxygen atoms in total. The second-order valence-corrected chi connectivity index (χ2v) is 7.89. The number of hydrogen-bond donors (Lipinski definition) is 0. The summed E-state index contributed by atoms with van der Waals surface area (Å²) >= 11 is 0. The van der Waals surface area contributed by atoms with Gasteiger partial charge in [-0.1, -0.05) is 42.5 Å². The van der Waals surface area contributed by atoms with Crippen LogP contribution in [0.4, 0.5) is 0 Å². The highest BCUT2D eigenvalue weighted by Crippen LogP contribution is 2.33. The third-order valence-electron chi connectivity index (χ3n) is 5.87. The number of fused-ring (bicyclic) bond motifs is 1. The van der Waals surface area contributed by atoms with E-state index < -0.39 is 0 Å². The maximum absolute atomic E-state index is 13.0. The molecule has 4 heteroatoms. The van der Waals surface area contributed by atoms with Crippen molar-refractivity contribution in [1.82, 2.24) is 14.7 Å². The van der Waals surface area contributed by atoms with Gasteiger partial charge in [-0.25, -0.2) is 0 Å². The Morgan fingerprint density at radius 1 is 1.14 bits per heavy atom. The molecule has 4 rings (SSSR count). The molecule has 0 spiro atoms. The van der Waals surface area contributed by atoms with E-state index in [2.05, 4.69) is 67.6 Å². The maximum atomic E-state index is 13.0. The van der Waals surface area contributed by atoms with Crippen LogP contribution in [0.1, 0.15) is 45.7 Å². The molecule has 1 aromatic heterocycles. The molecule has 0 aliphatic carbocycles. The molecule has 1 amide bonds. The Kier molecular flexibility index (Phi) is 5.03. The van der Waals surface area contributed by atoms with E-state index in [9.17, 15) is 4.79 Å². The van der Waals surface area contributed by atoms with Crippen molar-refractivity contribution >= 4 is 5.91 Å². The molecule has 0 saturated carbocycles. The van der Waals surface area contributed by atoms with Gasteiger partial charge in [0.15, 0.2) is 0 Å². The van der Waals surface area contributed by atoms with Gasteiger partial charge in [0.2, 0.25) is 5.91 Å². The Morgan fingerprint density at radius 3 is 2.71 bits per heavy atom. The molecule has 0 fully saturated rings. The molecule has 1 unspecified atom stereocenters. The minimum atomic E-state index is 0.184. The second kappa shape index (κ2) is 7.63. The van der Waals surface area contributed by atoms with Crippen LogP contribution in [-0.2, 0) is 24.8 Å². The molecule has 2 heterocycles. The highest BCUT2D eigenvalue weighted by atomic mass is 16.2. The van der Waals surface area contributed by atoms with Crippen LogP contribution in [0.2, 0.25) is 0 Å². The molecule has 0 bridgehead atoms. The lowest BCUT2D eigenvalue weighted by Crippen LogP contribution is -2.38. The van der Waals surface area contributed by atoms with Crippen LogP contribution in [0.3, 0.4) is 0 Å². The number of hydrogen-bond acceptors (Lipinski definition) is 2. The van der Waals surface area contributed by atoms with E-state index in [0.29, 0.717) is 19.5 Å². The average Bonchev–Trinajstić information content (AvgIpc) is 3.14. The van der Waals surface area contributed by atoms with E-state index in [1.807, 2.05) is 22.8 Å². The topological polar surface area (TPSA) is 38.1 Å². The first-order valence-electron chi connectivity index (χ1n) is 9.91. The first-order chi connectivity index (χ1) is 13.5. The van der Waals surface area contributed by atoms with E-state index >= 15 is 0 Å². The van der Waals surface area contributed by atoms with Gasteiger partial charge in [-0.15, -0.1) is 0 Å². The van der Waals surface area contributed by atoms with Gasteiger partial charge in [0.1, 0.15) is 0 Å². The summed E-state index contributed by atoms with van der Waals surface area (Å²) in [5.74, 6) is 0.408. The summed E-state index contributed by atoms with van der Waals surface area (Å²) in [6.45, 7) is 5.65. The van der Waals surface area contributed by atoms with E-state index in [1.54, 1.807) is 0 Å². The highest BCUT2D eigenvalue weighted by molar-refractivity contribution is 5.77. The lowest BCUT2D eigenvalue weighted by Gasteiger charge is -2.34. The van der Waals surface area contributed by atoms with Crippen LogP contribution in [0, 0.1) is 13.8 Å². The van der Waals surface area contributed by atoms with E-state index in [1.165, 1.54) is 33.4 Å². The van der Waals surface area contributed by atoms with Crippen molar-refractivity contribution in [3.8, 4) is 0 Å². The lowest BCUT2D eigenvalue weighted by atomic mass is 9.86. The van der Waals surface area contributed by atoms with Gasteiger partial charge in [-0.2, -0.15) is 5.10 Å². The number of benzene rings is 2. The summed E-state index contributed by atoms with van der Waals surface area (Å²) in [5.41, 5.74) is 7.53. The van der Waals surface area contributed by atoms with Crippen LogP contribution in [0.25, 0.3) is 0 Å².